The third kappa shape index (κ3) is 4.99. The minimum atomic E-state index is -1.07. The van der Waals surface area contributed by atoms with Crippen LogP contribution in [0.4, 0.5) is 10.1 Å². The predicted molar refractivity (Wildman–Crippen MR) is 105 cm³/mol. The van der Waals surface area contributed by atoms with Crippen molar-refractivity contribution in [3.05, 3.63) is 66.0 Å². The Hall–Kier alpha value is -3.22. The molecule has 3 atom stereocenters. The van der Waals surface area contributed by atoms with Gasteiger partial charge >= 0.3 is 5.97 Å². The molecule has 1 aliphatic heterocycles. The van der Waals surface area contributed by atoms with Crippen molar-refractivity contribution in [3.8, 4) is 0 Å². The van der Waals surface area contributed by atoms with Crippen LogP contribution in [0.3, 0.4) is 0 Å². The molecular weight excluding hydrogens is 375 g/mol. The van der Waals surface area contributed by atoms with Gasteiger partial charge in [0.1, 0.15) is 5.82 Å². The van der Waals surface area contributed by atoms with Crippen LogP contribution in [0.2, 0.25) is 0 Å². The van der Waals surface area contributed by atoms with Crippen molar-refractivity contribution in [1.29, 1.82) is 0 Å². The smallest absolute Gasteiger partial charge is 0.312 e. The molecule has 0 radical (unpaired) electrons. The van der Waals surface area contributed by atoms with Gasteiger partial charge in [-0.15, -0.1) is 0 Å². The molecule has 2 aromatic rings. The van der Waals surface area contributed by atoms with Crippen molar-refractivity contribution in [2.24, 2.45) is 5.92 Å². The van der Waals surface area contributed by atoms with Gasteiger partial charge in [0.25, 0.3) is 5.91 Å². The van der Waals surface area contributed by atoms with Gasteiger partial charge in [0.15, 0.2) is 6.10 Å². The van der Waals surface area contributed by atoms with E-state index in [9.17, 15) is 18.8 Å². The Morgan fingerprint density at radius 1 is 1.14 bits per heavy atom. The Kier molecular flexibility index (Phi) is 6.26. The SMILES string of the molecule is C[C@H](OC(=O)[C@@H]1CC(=O)N([C@@H](C)c2ccccc2)C1)C(=O)Nc1cccc(F)c1. The normalized spacial score (nSPS) is 18.2. The Balaban J connectivity index is 1.56. The van der Waals surface area contributed by atoms with E-state index in [1.807, 2.05) is 37.3 Å². The van der Waals surface area contributed by atoms with Crippen LogP contribution in [0.15, 0.2) is 54.6 Å². The molecule has 152 valence electrons. The average molecular weight is 398 g/mol. The zero-order valence-electron chi connectivity index (χ0n) is 16.3. The highest BCUT2D eigenvalue weighted by atomic mass is 19.1. The van der Waals surface area contributed by atoms with E-state index < -0.39 is 29.7 Å². The number of hydrogen-bond acceptors (Lipinski definition) is 4. The van der Waals surface area contributed by atoms with E-state index in [-0.39, 0.29) is 30.6 Å². The molecule has 1 heterocycles. The van der Waals surface area contributed by atoms with Crippen LogP contribution in [0, 0.1) is 11.7 Å². The number of ether oxygens (including phenoxy) is 1. The van der Waals surface area contributed by atoms with Crippen molar-refractivity contribution in [3.63, 3.8) is 0 Å². The van der Waals surface area contributed by atoms with E-state index in [4.69, 9.17) is 4.74 Å². The van der Waals surface area contributed by atoms with Crippen LogP contribution in [0.1, 0.15) is 31.9 Å². The summed E-state index contributed by atoms with van der Waals surface area (Å²) in [5.41, 5.74) is 1.26. The van der Waals surface area contributed by atoms with Crippen molar-refractivity contribution in [2.45, 2.75) is 32.4 Å². The summed E-state index contributed by atoms with van der Waals surface area (Å²) in [7, 11) is 0. The third-order valence-corrected chi connectivity index (χ3v) is 5.00. The second kappa shape index (κ2) is 8.86. The molecule has 2 amide bonds. The molecule has 0 aromatic heterocycles. The molecule has 0 spiro atoms. The summed E-state index contributed by atoms with van der Waals surface area (Å²) < 4.78 is 18.5. The highest BCUT2D eigenvalue weighted by molar-refractivity contribution is 5.95. The first kappa shape index (κ1) is 20.5. The van der Waals surface area contributed by atoms with Gasteiger partial charge in [0.05, 0.1) is 12.0 Å². The number of hydrogen-bond donors (Lipinski definition) is 1. The predicted octanol–water partition coefficient (Wildman–Crippen LogP) is 3.31. The minimum absolute atomic E-state index is 0.0498. The summed E-state index contributed by atoms with van der Waals surface area (Å²) in [4.78, 5) is 38.7. The number of nitrogens with zero attached hydrogens (tertiary/aromatic N) is 1. The molecular formula is C22H23FN2O4. The van der Waals surface area contributed by atoms with Crippen LogP contribution >= 0.6 is 0 Å². The standard InChI is InChI=1S/C22H23FN2O4/c1-14(16-7-4-3-5-8-16)25-13-17(11-20(25)26)22(28)29-15(2)21(27)24-19-10-6-9-18(23)12-19/h3-10,12,14-15,17H,11,13H2,1-2H3,(H,24,27)/t14-,15-,17+/m0/s1. The maximum atomic E-state index is 13.2. The highest BCUT2D eigenvalue weighted by Crippen LogP contribution is 2.29. The number of carbonyl (C=O) groups is 3. The molecule has 0 unspecified atom stereocenters. The van der Waals surface area contributed by atoms with Gasteiger partial charge in [-0.3, -0.25) is 14.4 Å². The third-order valence-electron chi connectivity index (χ3n) is 5.00. The summed E-state index contributed by atoms with van der Waals surface area (Å²) in [5, 5.41) is 2.50. The second-order valence-electron chi connectivity index (χ2n) is 7.11. The molecule has 1 saturated heterocycles. The minimum Gasteiger partial charge on any atom is -0.452 e. The summed E-state index contributed by atoms with van der Waals surface area (Å²) in [6.07, 6.45) is -1.02. The first-order valence-electron chi connectivity index (χ1n) is 9.46. The molecule has 0 bridgehead atoms. The lowest BCUT2D eigenvalue weighted by Gasteiger charge is -2.25. The fourth-order valence-corrected chi connectivity index (χ4v) is 3.31. The topological polar surface area (TPSA) is 75.7 Å². The van der Waals surface area contributed by atoms with Crippen molar-refractivity contribution < 1.29 is 23.5 Å². The van der Waals surface area contributed by atoms with Crippen LogP contribution in [0.5, 0.6) is 0 Å². The van der Waals surface area contributed by atoms with E-state index in [0.29, 0.717) is 0 Å². The molecule has 6 nitrogen and oxygen atoms in total. The number of benzene rings is 2. The van der Waals surface area contributed by atoms with Crippen molar-refractivity contribution >= 4 is 23.5 Å². The van der Waals surface area contributed by atoms with Gasteiger partial charge < -0.3 is 15.0 Å². The lowest BCUT2D eigenvalue weighted by molar-refractivity contribution is -0.157. The zero-order valence-corrected chi connectivity index (χ0v) is 16.3. The fourth-order valence-electron chi connectivity index (χ4n) is 3.31. The van der Waals surface area contributed by atoms with Crippen LogP contribution < -0.4 is 5.32 Å². The quantitative estimate of drug-likeness (QED) is 0.758. The maximum absolute atomic E-state index is 13.2. The second-order valence-corrected chi connectivity index (χ2v) is 7.11. The summed E-state index contributed by atoms with van der Waals surface area (Å²) in [5.74, 6) is -2.39. The first-order chi connectivity index (χ1) is 13.8. The average Bonchev–Trinajstić information content (AvgIpc) is 3.10. The van der Waals surface area contributed by atoms with Gasteiger partial charge in [0.2, 0.25) is 5.91 Å². The highest BCUT2D eigenvalue weighted by Gasteiger charge is 2.38. The summed E-state index contributed by atoms with van der Waals surface area (Å²) >= 11 is 0. The number of halogens is 1. The molecule has 1 N–H and O–H groups in total. The van der Waals surface area contributed by atoms with E-state index in [1.165, 1.54) is 31.2 Å². The van der Waals surface area contributed by atoms with E-state index in [1.54, 1.807) is 4.90 Å². The number of anilines is 1. The summed E-state index contributed by atoms with van der Waals surface area (Å²) in [6, 6.07) is 14.8. The van der Waals surface area contributed by atoms with Crippen molar-refractivity contribution in [2.75, 3.05) is 11.9 Å². The molecule has 2 aromatic carbocycles. The van der Waals surface area contributed by atoms with Gasteiger partial charge in [-0.2, -0.15) is 0 Å². The Morgan fingerprint density at radius 2 is 1.86 bits per heavy atom. The zero-order chi connectivity index (χ0) is 21.0. The molecule has 7 heteroatoms. The molecule has 1 fully saturated rings. The number of esters is 1. The van der Waals surface area contributed by atoms with E-state index >= 15 is 0 Å². The lowest BCUT2D eigenvalue weighted by Crippen LogP contribution is -2.33. The summed E-state index contributed by atoms with van der Waals surface area (Å²) in [6.45, 7) is 3.59. The Morgan fingerprint density at radius 3 is 2.55 bits per heavy atom. The van der Waals surface area contributed by atoms with Crippen LogP contribution in [0.25, 0.3) is 0 Å². The molecule has 1 aliphatic rings. The van der Waals surface area contributed by atoms with E-state index in [2.05, 4.69) is 5.32 Å². The van der Waals surface area contributed by atoms with Crippen molar-refractivity contribution in [1.82, 2.24) is 4.90 Å². The largest absolute Gasteiger partial charge is 0.452 e. The number of likely N-dealkylation sites (tertiary alicyclic amines) is 1. The van der Waals surface area contributed by atoms with Gasteiger partial charge in [-0.05, 0) is 37.6 Å². The van der Waals surface area contributed by atoms with Crippen LogP contribution in [-0.4, -0.2) is 35.3 Å². The van der Waals surface area contributed by atoms with Crippen LogP contribution in [-0.2, 0) is 19.1 Å². The lowest BCUT2D eigenvalue weighted by atomic mass is 10.1. The molecule has 3 rings (SSSR count). The molecule has 0 saturated carbocycles. The van der Waals surface area contributed by atoms with Gasteiger partial charge in [-0.1, -0.05) is 36.4 Å². The van der Waals surface area contributed by atoms with Gasteiger partial charge in [-0.25, -0.2) is 4.39 Å². The number of carbonyl (C=O) groups excluding carboxylic acids is 3. The Bertz CT molecular complexity index is 903. The maximum Gasteiger partial charge on any atom is 0.312 e. The first-order valence-corrected chi connectivity index (χ1v) is 9.46. The molecule has 0 aliphatic carbocycles. The van der Waals surface area contributed by atoms with Gasteiger partial charge in [0, 0.05) is 18.7 Å². The number of amides is 2. The number of rotatable bonds is 6. The fraction of sp³-hybridized carbons (Fsp3) is 0.318. The Labute approximate surface area is 168 Å². The monoisotopic (exact) mass is 398 g/mol. The number of nitrogens with one attached hydrogen (secondary N) is 1. The molecule has 29 heavy (non-hydrogen) atoms. The van der Waals surface area contributed by atoms with E-state index in [0.717, 1.165) is 5.56 Å².